The minimum atomic E-state index is 0.272. The molecule has 0 spiro atoms. The zero-order valence-electron chi connectivity index (χ0n) is 6.79. The molecule has 0 N–H and O–H groups in total. The summed E-state index contributed by atoms with van der Waals surface area (Å²) in [5.41, 5.74) is 0. The number of amides is 1. The largest absolute Gasteiger partial charge is 0.322 e. The Labute approximate surface area is 66.9 Å². The van der Waals surface area contributed by atoms with E-state index in [1.165, 1.54) is 12.8 Å². The van der Waals surface area contributed by atoms with E-state index in [4.69, 9.17) is 0 Å². The van der Waals surface area contributed by atoms with Gasteiger partial charge in [0.1, 0.15) is 0 Å². The number of carbonyl (C=O) groups is 1. The van der Waals surface area contributed by atoms with Crippen molar-refractivity contribution in [3.8, 4) is 0 Å². The van der Waals surface area contributed by atoms with Crippen molar-refractivity contribution in [2.75, 3.05) is 7.05 Å². The molecule has 1 heterocycles. The third kappa shape index (κ3) is 1.06. The Morgan fingerprint density at radius 2 is 2.36 bits per heavy atom. The zero-order valence-corrected chi connectivity index (χ0v) is 6.79. The summed E-state index contributed by atoms with van der Waals surface area (Å²) in [6.45, 7) is 0. The summed E-state index contributed by atoms with van der Waals surface area (Å²) in [7, 11) is 1.84. The molecule has 1 amide bonds. The first-order chi connectivity index (χ1) is 5.27. The molecule has 2 heteroatoms. The lowest BCUT2D eigenvalue weighted by atomic mass is 9.72. The summed E-state index contributed by atoms with van der Waals surface area (Å²) < 4.78 is 0. The number of hydrogen-bond donors (Lipinski definition) is 0. The van der Waals surface area contributed by atoms with E-state index in [0.717, 1.165) is 6.42 Å². The number of allylic oxidation sites excluding steroid dienone is 1. The molecule has 2 aliphatic rings. The van der Waals surface area contributed by atoms with Crippen LogP contribution in [-0.2, 0) is 4.79 Å². The van der Waals surface area contributed by atoms with Gasteiger partial charge in [0.25, 0.3) is 0 Å². The molecule has 0 aromatic carbocycles. The van der Waals surface area contributed by atoms with E-state index >= 15 is 0 Å². The highest BCUT2D eigenvalue weighted by Gasteiger charge is 2.32. The molecule has 2 unspecified atom stereocenters. The minimum Gasteiger partial charge on any atom is -0.322 e. The van der Waals surface area contributed by atoms with Crippen molar-refractivity contribution in [3.63, 3.8) is 0 Å². The fourth-order valence-corrected chi connectivity index (χ4v) is 1.79. The van der Waals surface area contributed by atoms with E-state index in [1.54, 1.807) is 4.90 Å². The molecule has 2 nitrogen and oxygen atoms in total. The van der Waals surface area contributed by atoms with Gasteiger partial charge in [-0.2, -0.15) is 0 Å². The highest BCUT2D eigenvalue weighted by atomic mass is 16.2. The van der Waals surface area contributed by atoms with Crippen molar-refractivity contribution >= 4 is 5.91 Å². The van der Waals surface area contributed by atoms with Crippen LogP contribution in [0.25, 0.3) is 0 Å². The smallest absolute Gasteiger partial charge is 0.226 e. The van der Waals surface area contributed by atoms with Crippen molar-refractivity contribution in [3.05, 3.63) is 12.3 Å². The fourth-order valence-electron chi connectivity index (χ4n) is 1.79. The number of hydrogen-bond acceptors (Lipinski definition) is 1. The second kappa shape index (κ2) is 2.36. The van der Waals surface area contributed by atoms with Crippen molar-refractivity contribution in [1.29, 1.82) is 0 Å². The standard InChI is InChI=1S/C9H13NO/c1-10-5-4-7-2-3-8(7)6-9(10)11/h4-5,7-8H,2-3,6H2,1H3. The van der Waals surface area contributed by atoms with E-state index in [-0.39, 0.29) is 5.91 Å². The lowest BCUT2D eigenvalue weighted by Crippen LogP contribution is -2.27. The average molecular weight is 151 g/mol. The SMILES string of the molecule is CN1C=CC2CCC2CC1=O. The maximum Gasteiger partial charge on any atom is 0.226 e. The Balaban J connectivity index is 2.13. The van der Waals surface area contributed by atoms with Gasteiger partial charge in [-0.15, -0.1) is 0 Å². The van der Waals surface area contributed by atoms with Crippen molar-refractivity contribution in [1.82, 2.24) is 4.90 Å². The Morgan fingerprint density at radius 1 is 1.55 bits per heavy atom. The topological polar surface area (TPSA) is 20.3 Å². The van der Waals surface area contributed by atoms with Crippen molar-refractivity contribution < 1.29 is 4.79 Å². The van der Waals surface area contributed by atoms with Crippen LogP contribution in [-0.4, -0.2) is 17.9 Å². The van der Waals surface area contributed by atoms with Gasteiger partial charge >= 0.3 is 0 Å². The molecule has 1 aliphatic heterocycles. The maximum absolute atomic E-state index is 11.3. The van der Waals surface area contributed by atoms with Gasteiger partial charge in [0, 0.05) is 19.7 Å². The second-order valence-electron chi connectivity index (χ2n) is 3.55. The predicted octanol–water partition coefficient (Wildman–Crippen LogP) is 1.39. The van der Waals surface area contributed by atoms with Gasteiger partial charge in [-0.1, -0.05) is 6.08 Å². The summed E-state index contributed by atoms with van der Waals surface area (Å²) in [4.78, 5) is 13.0. The van der Waals surface area contributed by atoms with Gasteiger partial charge in [0.15, 0.2) is 0 Å². The molecule has 11 heavy (non-hydrogen) atoms. The van der Waals surface area contributed by atoms with Gasteiger partial charge in [0.05, 0.1) is 0 Å². The first kappa shape index (κ1) is 6.89. The van der Waals surface area contributed by atoms with Crippen LogP contribution in [0.15, 0.2) is 12.3 Å². The molecule has 0 saturated heterocycles. The Hall–Kier alpha value is -0.790. The van der Waals surface area contributed by atoms with E-state index in [1.807, 2.05) is 13.2 Å². The molecule has 1 saturated carbocycles. The summed E-state index contributed by atoms with van der Waals surface area (Å²) in [5.74, 6) is 1.63. The minimum absolute atomic E-state index is 0.272. The van der Waals surface area contributed by atoms with Gasteiger partial charge in [0.2, 0.25) is 5.91 Å². The number of nitrogens with zero attached hydrogens (tertiary/aromatic N) is 1. The van der Waals surface area contributed by atoms with Gasteiger partial charge in [-0.25, -0.2) is 0 Å². The van der Waals surface area contributed by atoms with Crippen LogP contribution < -0.4 is 0 Å². The predicted molar refractivity (Wildman–Crippen MR) is 42.7 cm³/mol. The fraction of sp³-hybridized carbons (Fsp3) is 0.667. The molecular weight excluding hydrogens is 138 g/mol. The van der Waals surface area contributed by atoms with Crippen molar-refractivity contribution in [2.45, 2.75) is 19.3 Å². The highest BCUT2D eigenvalue weighted by molar-refractivity contribution is 5.77. The molecule has 0 radical (unpaired) electrons. The zero-order chi connectivity index (χ0) is 7.84. The third-order valence-electron chi connectivity index (χ3n) is 2.86. The summed E-state index contributed by atoms with van der Waals surface area (Å²) >= 11 is 0. The quantitative estimate of drug-likeness (QED) is 0.512. The summed E-state index contributed by atoms with van der Waals surface area (Å²) in [5, 5.41) is 0. The van der Waals surface area contributed by atoms with E-state index in [9.17, 15) is 4.79 Å². The first-order valence-corrected chi connectivity index (χ1v) is 4.21. The lowest BCUT2D eigenvalue weighted by molar-refractivity contribution is -0.129. The van der Waals surface area contributed by atoms with Crippen LogP contribution in [0.2, 0.25) is 0 Å². The Bertz CT molecular complexity index is 210. The second-order valence-corrected chi connectivity index (χ2v) is 3.55. The molecule has 60 valence electrons. The average Bonchev–Trinajstić information content (AvgIpc) is 2.03. The molecule has 2 rings (SSSR count). The summed E-state index contributed by atoms with van der Waals surface area (Å²) in [6.07, 6.45) is 7.39. The molecule has 1 aliphatic carbocycles. The first-order valence-electron chi connectivity index (χ1n) is 4.21. The molecule has 0 aromatic rings. The van der Waals surface area contributed by atoms with Crippen LogP contribution in [0.3, 0.4) is 0 Å². The van der Waals surface area contributed by atoms with Crippen LogP contribution in [0.4, 0.5) is 0 Å². The number of carbonyl (C=O) groups excluding carboxylic acids is 1. The molecular formula is C9H13NO. The Kier molecular flexibility index (Phi) is 1.48. The maximum atomic E-state index is 11.3. The third-order valence-corrected chi connectivity index (χ3v) is 2.86. The van der Waals surface area contributed by atoms with Crippen LogP contribution in [0.1, 0.15) is 19.3 Å². The number of rotatable bonds is 0. The Morgan fingerprint density at radius 3 is 3.00 bits per heavy atom. The molecule has 0 aromatic heterocycles. The molecule has 0 bridgehead atoms. The van der Waals surface area contributed by atoms with Gasteiger partial charge in [-0.3, -0.25) is 4.79 Å². The lowest BCUT2D eigenvalue weighted by Gasteiger charge is -2.32. The van der Waals surface area contributed by atoms with Crippen LogP contribution in [0.5, 0.6) is 0 Å². The highest BCUT2D eigenvalue weighted by Crippen LogP contribution is 2.39. The number of fused-ring (bicyclic) bond motifs is 1. The van der Waals surface area contributed by atoms with Gasteiger partial charge < -0.3 is 4.90 Å². The molecule has 2 atom stereocenters. The van der Waals surface area contributed by atoms with E-state index in [2.05, 4.69) is 6.08 Å². The van der Waals surface area contributed by atoms with E-state index in [0.29, 0.717) is 11.8 Å². The molecule has 1 fully saturated rings. The van der Waals surface area contributed by atoms with Crippen LogP contribution in [0, 0.1) is 11.8 Å². The van der Waals surface area contributed by atoms with Crippen molar-refractivity contribution in [2.24, 2.45) is 11.8 Å². The normalized spacial score (nSPS) is 36.1. The van der Waals surface area contributed by atoms with E-state index < -0.39 is 0 Å². The summed E-state index contributed by atoms with van der Waals surface area (Å²) in [6, 6.07) is 0. The monoisotopic (exact) mass is 151 g/mol. The van der Waals surface area contributed by atoms with Gasteiger partial charge in [-0.05, 0) is 24.7 Å². The van der Waals surface area contributed by atoms with Crippen LogP contribution >= 0.6 is 0 Å².